The highest BCUT2D eigenvalue weighted by atomic mass is 32.1. The summed E-state index contributed by atoms with van der Waals surface area (Å²) < 4.78 is 0. The fourth-order valence-corrected chi connectivity index (χ4v) is 4.76. The Bertz CT molecular complexity index is 951. The van der Waals surface area contributed by atoms with Crippen LogP contribution in [0.25, 0.3) is 10.4 Å². The Labute approximate surface area is 185 Å². The van der Waals surface area contributed by atoms with Gasteiger partial charge in [-0.1, -0.05) is 45.0 Å². The van der Waals surface area contributed by atoms with Gasteiger partial charge in [-0.15, -0.1) is 11.3 Å². The number of rotatable bonds is 5. The number of aromatic nitrogens is 1. The van der Waals surface area contributed by atoms with Gasteiger partial charge in [-0.05, 0) is 18.1 Å². The number of aliphatic hydroxyl groups is 2. The number of aliphatic hydroxyl groups excluding tert-OH is 2. The van der Waals surface area contributed by atoms with Crippen LogP contribution in [0, 0.1) is 6.92 Å². The number of hydrogen-bond donors (Lipinski definition) is 4. The first-order chi connectivity index (χ1) is 14.5. The molecule has 1 saturated heterocycles. The molecule has 0 saturated carbocycles. The molecule has 0 radical (unpaired) electrons. The molecule has 0 aliphatic carbocycles. The van der Waals surface area contributed by atoms with E-state index in [4.69, 9.17) is 4.98 Å². The number of nitrogens with one attached hydrogen (secondary N) is 1. The molecule has 2 amide bonds. The second-order valence-corrected chi connectivity index (χ2v) is 9.89. The molecule has 3 atom stereocenters. The van der Waals surface area contributed by atoms with Crippen LogP contribution in [0.5, 0.6) is 0 Å². The fraction of sp³-hybridized carbons (Fsp3) is 0.500. The molecular weight excluding hydrogens is 418 g/mol. The summed E-state index contributed by atoms with van der Waals surface area (Å²) in [6.45, 7) is 7.93. The van der Waals surface area contributed by atoms with E-state index in [1.54, 1.807) is 11.3 Å². The molecule has 2 aromatic rings. The second kappa shape index (κ2) is 8.94. The summed E-state index contributed by atoms with van der Waals surface area (Å²) in [5.74, 6) is -0.532. The SMILES string of the molecule is Cc1nc(C(C)(C)C)sc1-c1ccc([C@H](CO)NC(=O)[C@@H]2C[C@@H](O)CN2C(=O)O)cc1. The Balaban J connectivity index is 1.76. The molecule has 0 bridgehead atoms. The van der Waals surface area contributed by atoms with Crippen LogP contribution in [0.4, 0.5) is 4.79 Å². The number of β-amino-alcohol motifs (C(OH)–C–C–N with tert-alkyl or cyclic N) is 1. The average Bonchev–Trinajstić information content (AvgIpc) is 3.29. The molecule has 9 heteroatoms. The summed E-state index contributed by atoms with van der Waals surface area (Å²) in [5.41, 5.74) is 2.65. The summed E-state index contributed by atoms with van der Waals surface area (Å²) in [4.78, 5) is 30.7. The third kappa shape index (κ3) is 5.06. The predicted octanol–water partition coefficient (Wildman–Crippen LogP) is 2.68. The predicted molar refractivity (Wildman–Crippen MR) is 118 cm³/mol. The van der Waals surface area contributed by atoms with Gasteiger partial charge in [0.2, 0.25) is 5.91 Å². The monoisotopic (exact) mass is 447 g/mol. The van der Waals surface area contributed by atoms with E-state index in [1.165, 1.54) is 0 Å². The number of hydrogen-bond acceptors (Lipinski definition) is 6. The minimum Gasteiger partial charge on any atom is -0.465 e. The van der Waals surface area contributed by atoms with Gasteiger partial charge in [0.1, 0.15) is 6.04 Å². The molecule has 0 spiro atoms. The molecule has 1 aliphatic heterocycles. The van der Waals surface area contributed by atoms with Gasteiger partial charge in [-0.2, -0.15) is 0 Å². The Kier molecular flexibility index (Phi) is 6.68. The maximum Gasteiger partial charge on any atom is 0.408 e. The van der Waals surface area contributed by atoms with E-state index >= 15 is 0 Å². The van der Waals surface area contributed by atoms with Gasteiger partial charge in [0.25, 0.3) is 0 Å². The van der Waals surface area contributed by atoms with Crippen molar-refractivity contribution in [1.82, 2.24) is 15.2 Å². The molecule has 4 N–H and O–H groups in total. The molecule has 31 heavy (non-hydrogen) atoms. The molecule has 2 heterocycles. The average molecular weight is 448 g/mol. The van der Waals surface area contributed by atoms with Crippen molar-refractivity contribution < 1.29 is 24.9 Å². The lowest BCUT2D eigenvalue weighted by Gasteiger charge is -2.24. The van der Waals surface area contributed by atoms with Crippen molar-refractivity contribution in [2.45, 2.75) is 57.7 Å². The largest absolute Gasteiger partial charge is 0.465 e. The first-order valence-corrected chi connectivity index (χ1v) is 11.0. The normalized spacial score (nSPS) is 20.0. The van der Waals surface area contributed by atoms with Gasteiger partial charge in [-0.25, -0.2) is 9.78 Å². The van der Waals surface area contributed by atoms with Gasteiger partial charge in [0.05, 0.1) is 40.9 Å². The van der Waals surface area contributed by atoms with E-state index < -0.39 is 30.2 Å². The van der Waals surface area contributed by atoms with E-state index in [-0.39, 0.29) is 25.0 Å². The third-order valence-electron chi connectivity index (χ3n) is 5.34. The lowest BCUT2D eigenvalue weighted by molar-refractivity contribution is -0.126. The molecular formula is C22H29N3O5S. The molecule has 168 valence electrons. The van der Waals surface area contributed by atoms with E-state index in [9.17, 15) is 24.9 Å². The van der Waals surface area contributed by atoms with Crippen LogP contribution in [0.2, 0.25) is 0 Å². The van der Waals surface area contributed by atoms with Gasteiger partial charge in [-0.3, -0.25) is 9.69 Å². The fourth-order valence-electron chi connectivity index (χ4n) is 3.63. The number of amides is 2. The Hall–Kier alpha value is -2.49. The van der Waals surface area contributed by atoms with Crippen molar-refractivity contribution in [3.05, 3.63) is 40.5 Å². The van der Waals surface area contributed by atoms with Crippen LogP contribution in [0.15, 0.2) is 24.3 Å². The molecule has 8 nitrogen and oxygen atoms in total. The number of carbonyl (C=O) groups is 2. The number of benzene rings is 1. The van der Waals surface area contributed by atoms with E-state index in [0.717, 1.165) is 26.0 Å². The minimum absolute atomic E-state index is 0.0302. The van der Waals surface area contributed by atoms with Crippen LogP contribution in [0.1, 0.15) is 49.5 Å². The summed E-state index contributed by atoms with van der Waals surface area (Å²) in [7, 11) is 0. The standard InChI is InChI=1S/C22H29N3O5S/c1-12-18(31-20(23-12)22(2,3)4)14-7-5-13(6-8-14)16(11-26)24-19(28)17-9-15(27)10-25(17)21(29)30/h5-8,15-17,26-27H,9-11H2,1-4H3,(H,24,28)(H,29,30)/t15-,16+,17+/m1/s1. The maximum absolute atomic E-state index is 12.6. The molecule has 0 unspecified atom stereocenters. The highest BCUT2D eigenvalue weighted by Gasteiger charge is 2.39. The van der Waals surface area contributed by atoms with Crippen molar-refractivity contribution in [1.29, 1.82) is 0 Å². The zero-order chi connectivity index (χ0) is 22.9. The van der Waals surface area contributed by atoms with Crippen LogP contribution in [-0.2, 0) is 10.2 Å². The van der Waals surface area contributed by atoms with Gasteiger partial charge < -0.3 is 20.6 Å². The zero-order valence-electron chi connectivity index (χ0n) is 18.1. The number of carbonyl (C=O) groups excluding carboxylic acids is 1. The second-order valence-electron chi connectivity index (χ2n) is 8.89. The highest BCUT2D eigenvalue weighted by molar-refractivity contribution is 7.15. The Morgan fingerprint density at radius 1 is 1.29 bits per heavy atom. The first-order valence-electron chi connectivity index (χ1n) is 10.2. The maximum atomic E-state index is 12.6. The number of carboxylic acid groups (broad SMARTS) is 1. The highest BCUT2D eigenvalue weighted by Crippen LogP contribution is 2.36. The number of nitrogens with zero attached hydrogens (tertiary/aromatic N) is 2. The molecule has 1 fully saturated rings. The molecule has 1 aromatic carbocycles. The summed E-state index contributed by atoms with van der Waals surface area (Å²) in [6, 6.07) is 5.88. The molecule has 1 aromatic heterocycles. The number of likely N-dealkylation sites (tertiary alicyclic amines) is 1. The quantitative estimate of drug-likeness (QED) is 0.559. The third-order valence-corrected chi connectivity index (χ3v) is 6.97. The van der Waals surface area contributed by atoms with Crippen molar-refractivity contribution in [2.24, 2.45) is 0 Å². The summed E-state index contributed by atoms with van der Waals surface area (Å²) in [5, 5.41) is 32.6. The minimum atomic E-state index is -1.25. The van der Waals surface area contributed by atoms with Crippen LogP contribution in [-0.4, -0.2) is 62.5 Å². The van der Waals surface area contributed by atoms with Crippen LogP contribution >= 0.6 is 11.3 Å². The lowest BCUT2D eigenvalue weighted by atomic mass is 9.98. The Morgan fingerprint density at radius 3 is 2.45 bits per heavy atom. The van der Waals surface area contributed by atoms with E-state index in [2.05, 4.69) is 26.1 Å². The number of aryl methyl sites for hydroxylation is 1. The van der Waals surface area contributed by atoms with Crippen LogP contribution in [0.3, 0.4) is 0 Å². The zero-order valence-corrected chi connectivity index (χ0v) is 18.9. The number of thiazole rings is 1. The molecule has 1 aliphatic rings. The van der Waals surface area contributed by atoms with E-state index in [1.807, 2.05) is 31.2 Å². The van der Waals surface area contributed by atoms with Crippen molar-refractivity contribution in [3.63, 3.8) is 0 Å². The summed E-state index contributed by atoms with van der Waals surface area (Å²) in [6.07, 6.45) is -2.09. The van der Waals surface area contributed by atoms with Crippen LogP contribution < -0.4 is 5.32 Å². The van der Waals surface area contributed by atoms with Crippen molar-refractivity contribution >= 4 is 23.3 Å². The van der Waals surface area contributed by atoms with Crippen molar-refractivity contribution in [3.8, 4) is 10.4 Å². The van der Waals surface area contributed by atoms with Gasteiger partial charge in [0.15, 0.2) is 0 Å². The summed E-state index contributed by atoms with van der Waals surface area (Å²) >= 11 is 1.66. The lowest BCUT2D eigenvalue weighted by Crippen LogP contribution is -2.46. The first kappa shape index (κ1) is 23.2. The Morgan fingerprint density at radius 2 is 1.94 bits per heavy atom. The van der Waals surface area contributed by atoms with Gasteiger partial charge >= 0.3 is 6.09 Å². The van der Waals surface area contributed by atoms with Gasteiger partial charge in [0, 0.05) is 11.8 Å². The smallest absolute Gasteiger partial charge is 0.408 e. The van der Waals surface area contributed by atoms with Crippen molar-refractivity contribution in [2.75, 3.05) is 13.2 Å². The topological polar surface area (TPSA) is 123 Å². The molecule has 3 rings (SSSR count). The van der Waals surface area contributed by atoms with E-state index in [0.29, 0.717) is 5.56 Å².